The Labute approximate surface area is 219 Å². The number of hydrogen-bond acceptors (Lipinski definition) is 5. The van der Waals surface area contributed by atoms with Crippen LogP contribution < -0.4 is 15.4 Å². The second kappa shape index (κ2) is 16.8. The molecule has 1 aliphatic rings. The second-order valence-electron chi connectivity index (χ2n) is 8.61. The molecule has 0 saturated carbocycles. The zero-order valence-corrected chi connectivity index (χ0v) is 23.2. The molecule has 196 valence electrons. The van der Waals surface area contributed by atoms with Crippen molar-refractivity contribution in [3.63, 3.8) is 0 Å². The molecule has 1 aliphatic heterocycles. The molecule has 2 aromatic rings. The summed E-state index contributed by atoms with van der Waals surface area (Å²) in [5.41, 5.74) is -0.504. The van der Waals surface area contributed by atoms with Crippen molar-refractivity contribution in [3.8, 4) is 5.75 Å². The lowest BCUT2D eigenvalue weighted by Gasteiger charge is -2.29. The molecule has 1 fully saturated rings. The first-order chi connectivity index (χ1) is 16.7. The van der Waals surface area contributed by atoms with Gasteiger partial charge in [-0.15, -0.1) is 24.4 Å². The number of carbonyl (C=O) groups excluding carboxylic acids is 1. The molecule has 8 heteroatoms. The maximum atomic E-state index is 13.5. The van der Waals surface area contributed by atoms with Crippen LogP contribution in [-0.2, 0) is 4.79 Å². The van der Waals surface area contributed by atoms with E-state index in [0.717, 1.165) is 43.0 Å². The van der Waals surface area contributed by atoms with Gasteiger partial charge in [0, 0.05) is 27.3 Å². The molecule has 35 heavy (non-hydrogen) atoms. The van der Waals surface area contributed by atoms with Crippen molar-refractivity contribution in [2.24, 2.45) is 5.41 Å². The number of rotatable bonds is 8. The van der Waals surface area contributed by atoms with Crippen LogP contribution in [-0.4, -0.2) is 37.9 Å². The molecule has 0 radical (unpaired) electrons. The largest absolute Gasteiger partial charge is 0.491 e. The number of amides is 1. The number of hydrogen-bond donors (Lipinski definition) is 3. The van der Waals surface area contributed by atoms with Crippen molar-refractivity contribution < 1.29 is 18.3 Å². The van der Waals surface area contributed by atoms with Crippen LogP contribution in [0.1, 0.15) is 53.4 Å². The van der Waals surface area contributed by atoms with Crippen LogP contribution >= 0.6 is 24.4 Å². The third kappa shape index (κ3) is 12.2. The van der Waals surface area contributed by atoms with E-state index in [1.165, 1.54) is 11.0 Å². The number of halogens is 2. The van der Waals surface area contributed by atoms with E-state index < -0.39 is 17.0 Å². The summed E-state index contributed by atoms with van der Waals surface area (Å²) in [4.78, 5) is 14.7. The number of carbonyl (C=O) groups is 1. The van der Waals surface area contributed by atoms with E-state index in [0.29, 0.717) is 12.8 Å². The van der Waals surface area contributed by atoms with Crippen LogP contribution in [0.2, 0.25) is 0 Å². The van der Waals surface area contributed by atoms with Crippen molar-refractivity contribution in [1.29, 1.82) is 0 Å². The Morgan fingerprint density at radius 3 is 2.43 bits per heavy atom. The van der Waals surface area contributed by atoms with E-state index in [1.54, 1.807) is 11.8 Å². The lowest BCUT2D eigenvalue weighted by atomic mass is 9.86. The average Bonchev–Trinajstić information content (AvgIpc) is 2.85. The van der Waals surface area contributed by atoms with Crippen LogP contribution in [0.25, 0.3) is 0 Å². The minimum absolute atomic E-state index is 0.0355. The number of thioether (sulfide) groups is 1. The van der Waals surface area contributed by atoms with Gasteiger partial charge < -0.3 is 15.4 Å². The predicted octanol–water partition coefficient (Wildman–Crippen LogP) is 6.74. The maximum absolute atomic E-state index is 13.5. The van der Waals surface area contributed by atoms with E-state index >= 15 is 0 Å². The summed E-state index contributed by atoms with van der Waals surface area (Å²) in [7, 11) is 0. The summed E-state index contributed by atoms with van der Waals surface area (Å²) in [6.45, 7) is 9.96. The molecular formula is C27H40F2N2O2S2. The molecule has 4 nitrogen and oxygen atoms in total. The smallest absolute Gasteiger partial charge is 0.225 e. The van der Waals surface area contributed by atoms with Crippen LogP contribution in [0, 0.1) is 17.0 Å². The van der Waals surface area contributed by atoms with Crippen molar-refractivity contribution >= 4 is 30.3 Å². The summed E-state index contributed by atoms with van der Waals surface area (Å²) < 4.78 is 31.6. The topological polar surface area (TPSA) is 50.4 Å². The van der Waals surface area contributed by atoms with Gasteiger partial charge in [-0.25, -0.2) is 8.78 Å². The Kier molecular flexibility index (Phi) is 15.0. The highest BCUT2D eigenvalue weighted by atomic mass is 32.2. The van der Waals surface area contributed by atoms with Gasteiger partial charge in [-0.3, -0.25) is 4.79 Å². The lowest BCUT2D eigenvalue weighted by molar-refractivity contribution is -0.130. The Hall–Kier alpha value is -1.77. The standard InChI is InChI=1S/C18H26F2N2O2.C7H8S2.C2H6/c1-18(2,17(23)22-14-6-9-21-10-7-14)8-3-11-24-16-5-4-13(19)12-15(16)20;1-9-7-4-2-3-6(8)5-7;1-2/h4-5,12,14,21H,3,6-11H2,1-2H3,(H,22,23);2-5,8H,1H3;1-2H3. The van der Waals surface area contributed by atoms with E-state index in [2.05, 4.69) is 35.6 Å². The van der Waals surface area contributed by atoms with Crippen molar-refractivity contribution in [2.45, 2.75) is 69.2 Å². The van der Waals surface area contributed by atoms with Crippen molar-refractivity contribution in [1.82, 2.24) is 10.6 Å². The van der Waals surface area contributed by atoms with Crippen molar-refractivity contribution in [3.05, 3.63) is 54.1 Å². The van der Waals surface area contributed by atoms with Gasteiger partial charge in [-0.1, -0.05) is 33.8 Å². The fourth-order valence-corrected chi connectivity index (χ4v) is 4.13. The van der Waals surface area contributed by atoms with Crippen LogP contribution in [0.5, 0.6) is 5.75 Å². The summed E-state index contributed by atoms with van der Waals surface area (Å²) >= 11 is 5.93. The van der Waals surface area contributed by atoms with Gasteiger partial charge in [0.15, 0.2) is 11.6 Å². The fraction of sp³-hybridized carbons (Fsp3) is 0.519. The van der Waals surface area contributed by atoms with E-state index in [4.69, 9.17) is 4.74 Å². The van der Waals surface area contributed by atoms with Crippen LogP contribution in [0.15, 0.2) is 52.3 Å². The third-order valence-electron chi connectivity index (χ3n) is 5.44. The number of thiol groups is 1. The first-order valence-corrected chi connectivity index (χ1v) is 13.8. The zero-order chi connectivity index (χ0) is 26.3. The first-order valence-electron chi connectivity index (χ1n) is 12.1. The second-order valence-corrected chi connectivity index (χ2v) is 10.0. The number of piperidine rings is 1. The lowest BCUT2D eigenvalue weighted by Crippen LogP contribution is -2.47. The predicted molar refractivity (Wildman–Crippen MR) is 146 cm³/mol. The molecule has 1 amide bonds. The summed E-state index contributed by atoms with van der Waals surface area (Å²) in [6.07, 6.45) is 5.21. The molecule has 0 aliphatic carbocycles. The highest BCUT2D eigenvalue weighted by Gasteiger charge is 2.29. The Morgan fingerprint density at radius 1 is 1.17 bits per heavy atom. The normalized spacial score (nSPS) is 13.6. The third-order valence-corrected chi connectivity index (χ3v) is 6.44. The minimum Gasteiger partial charge on any atom is -0.491 e. The number of nitrogens with one attached hydrogen (secondary N) is 2. The highest BCUT2D eigenvalue weighted by molar-refractivity contribution is 7.98. The van der Waals surface area contributed by atoms with E-state index in [-0.39, 0.29) is 24.3 Å². The van der Waals surface area contributed by atoms with Gasteiger partial charge in [0.1, 0.15) is 5.82 Å². The molecule has 0 unspecified atom stereocenters. The van der Waals surface area contributed by atoms with E-state index in [9.17, 15) is 13.6 Å². The average molecular weight is 527 g/mol. The Bertz CT molecular complexity index is 891. The maximum Gasteiger partial charge on any atom is 0.225 e. The van der Waals surface area contributed by atoms with Gasteiger partial charge in [-0.05, 0) is 75.4 Å². The summed E-state index contributed by atoms with van der Waals surface area (Å²) in [5, 5.41) is 6.38. The molecule has 0 bridgehead atoms. The molecular weight excluding hydrogens is 486 g/mol. The Morgan fingerprint density at radius 2 is 1.86 bits per heavy atom. The summed E-state index contributed by atoms with van der Waals surface area (Å²) in [6, 6.07) is 11.6. The van der Waals surface area contributed by atoms with E-state index in [1.807, 2.05) is 45.9 Å². The fourth-order valence-electron chi connectivity index (χ4n) is 3.36. The number of ether oxygens (including phenoxy) is 1. The van der Waals surface area contributed by atoms with Crippen LogP contribution in [0.3, 0.4) is 0 Å². The van der Waals surface area contributed by atoms with Crippen molar-refractivity contribution in [2.75, 3.05) is 26.0 Å². The Balaban J connectivity index is 0.000000464. The van der Waals surface area contributed by atoms with Gasteiger partial charge in [0.05, 0.1) is 6.61 Å². The quantitative estimate of drug-likeness (QED) is 0.203. The molecule has 0 aromatic heterocycles. The van der Waals surface area contributed by atoms with Crippen LogP contribution in [0.4, 0.5) is 8.78 Å². The van der Waals surface area contributed by atoms with Gasteiger partial charge in [0.25, 0.3) is 0 Å². The highest BCUT2D eigenvalue weighted by Crippen LogP contribution is 2.24. The molecule has 2 aromatic carbocycles. The molecule has 1 saturated heterocycles. The zero-order valence-electron chi connectivity index (χ0n) is 21.5. The minimum atomic E-state index is -0.710. The molecule has 0 atom stereocenters. The summed E-state index contributed by atoms with van der Waals surface area (Å²) in [5.74, 6) is -1.26. The molecule has 3 rings (SSSR count). The van der Waals surface area contributed by atoms with Gasteiger partial charge in [-0.2, -0.15) is 0 Å². The SMILES string of the molecule is CC.CC(C)(CCCOc1ccc(F)cc1F)C(=O)NC1CCNCC1.CSc1cccc(S)c1. The molecule has 2 N–H and O–H groups in total. The first kappa shape index (κ1) is 31.3. The molecule has 1 heterocycles. The van der Waals surface area contributed by atoms with Gasteiger partial charge >= 0.3 is 0 Å². The molecule has 0 spiro atoms. The number of benzene rings is 2. The van der Waals surface area contributed by atoms with Gasteiger partial charge in [0.2, 0.25) is 5.91 Å². The monoisotopic (exact) mass is 526 g/mol.